The molecule has 0 radical (unpaired) electrons. The minimum absolute atomic E-state index is 0.136. The Morgan fingerprint density at radius 2 is 1.79 bits per heavy atom. The Morgan fingerprint density at radius 3 is 2.49 bits per heavy atom. The van der Waals surface area contributed by atoms with Crippen molar-refractivity contribution in [3.63, 3.8) is 0 Å². The van der Waals surface area contributed by atoms with Gasteiger partial charge in [-0.25, -0.2) is 9.59 Å². The Kier molecular flexibility index (Phi) is 10.4. The average Bonchev–Trinajstić information content (AvgIpc) is 3.32. The van der Waals surface area contributed by atoms with Gasteiger partial charge in [0.15, 0.2) is 6.61 Å². The molecular formula is C31H35N3O7S2. The second kappa shape index (κ2) is 14.0. The minimum Gasteiger partial charge on any atom is -0.484 e. The predicted octanol–water partition coefficient (Wildman–Crippen LogP) is 5.96. The molecule has 3 aromatic rings. The number of thioether (sulfide) groups is 1. The molecule has 1 aliphatic rings. The van der Waals surface area contributed by atoms with Crippen LogP contribution in [-0.4, -0.2) is 59.9 Å². The number of benzene rings is 2. The molecule has 12 heteroatoms. The lowest BCUT2D eigenvalue weighted by molar-refractivity contribution is -0.118. The largest absolute Gasteiger partial charge is 0.484 e. The van der Waals surface area contributed by atoms with Crippen LogP contribution in [0.3, 0.4) is 0 Å². The van der Waals surface area contributed by atoms with Gasteiger partial charge in [0.05, 0.1) is 24.5 Å². The Balaban J connectivity index is 1.39. The third-order valence-corrected chi connectivity index (χ3v) is 8.47. The zero-order valence-electron chi connectivity index (χ0n) is 24.7. The number of thiophene rings is 1. The van der Waals surface area contributed by atoms with Crippen molar-refractivity contribution in [2.75, 3.05) is 30.9 Å². The summed E-state index contributed by atoms with van der Waals surface area (Å²) >= 11 is 2.57. The molecule has 2 N–H and O–H groups in total. The second-order valence-corrected chi connectivity index (χ2v) is 13.3. The fourth-order valence-corrected chi connectivity index (χ4v) is 6.45. The van der Waals surface area contributed by atoms with Crippen LogP contribution in [0.1, 0.15) is 48.5 Å². The van der Waals surface area contributed by atoms with Crippen LogP contribution in [0.25, 0.3) is 0 Å². The number of ether oxygens (including phenoxy) is 3. The van der Waals surface area contributed by atoms with Crippen LogP contribution in [0.4, 0.5) is 15.5 Å². The van der Waals surface area contributed by atoms with Crippen molar-refractivity contribution in [1.29, 1.82) is 0 Å². The van der Waals surface area contributed by atoms with Gasteiger partial charge >= 0.3 is 12.1 Å². The highest BCUT2D eigenvalue weighted by atomic mass is 32.2. The molecule has 2 heterocycles. The third kappa shape index (κ3) is 8.74. The highest BCUT2D eigenvalue weighted by Crippen LogP contribution is 2.38. The van der Waals surface area contributed by atoms with E-state index in [1.54, 1.807) is 42.2 Å². The standard InChI is InChI=1S/C31H35N3O7S2/c1-19(42-22-13-9-10-20(16-22)32-25(35)18-40-21-11-7-6-8-12-21)27(36)33-28-26(29(37)39-5)23-14-15-34(17-24(23)43-28)30(38)41-31(2,3)4/h6-13,16,19H,14-15,17-18H2,1-5H3,(H,32,35)(H,33,36). The summed E-state index contributed by atoms with van der Waals surface area (Å²) in [5.74, 6) is -0.551. The fraction of sp³-hybridized carbons (Fsp3) is 0.355. The topological polar surface area (TPSA) is 123 Å². The first-order valence-corrected chi connectivity index (χ1v) is 15.4. The summed E-state index contributed by atoms with van der Waals surface area (Å²) < 4.78 is 16.0. The molecule has 228 valence electrons. The lowest BCUT2D eigenvalue weighted by atomic mass is 10.0. The molecule has 0 saturated heterocycles. The molecule has 0 spiro atoms. The number of anilines is 2. The van der Waals surface area contributed by atoms with Crippen LogP contribution in [-0.2, 0) is 32.0 Å². The van der Waals surface area contributed by atoms with E-state index in [-0.39, 0.29) is 25.0 Å². The van der Waals surface area contributed by atoms with Crippen LogP contribution < -0.4 is 15.4 Å². The Morgan fingerprint density at radius 1 is 1.05 bits per heavy atom. The number of para-hydroxylation sites is 1. The molecule has 1 atom stereocenters. The van der Waals surface area contributed by atoms with Crippen molar-refractivity contribution in [1.82, 2.24) is 4.90 Å². The maximum Gasteiger partial charge on any atom is 0.410 e. The number of methoxy groups -OCH3 is 1. The molecule has 0 bridgehead atoms. The minimum atomic E-state index is -0.626. The third-order valence-electron chi connectivity index (χ3n) is 6.25. The van der Waals surface area contributed by atoms with Gasteiger partial charge in [-0.05, 0) is 70.0 Å². The van der Waals surface area contributed by atoms with E-state index in [2.05, 4.69) is 10.6 Å². The average molecular weight is 626 g/mol. The molecule has 1 aromatic heterocycles. The lowest BCUT2D eigenvalue weighted by Crippen LogP contribution is -2.39. The number of hydrogen-bond acceptors (Lipinski definition) is 9. The van der Waals surface area contributed by atoms with E-state index in [1.165, 1.54) is 30.2 Å². The van der Waals surface area contributed by atoms with Gasteiger partial charge < -0.3 is 29.7 Å². The van der Waals surface area contributed by atoms with E-state index in [1.807, 2.05) is 45.0 Å². The Labute approximate surface area is 259 Å². The van der Waals surface area contributed by atoms with Crippen LogP contribution in [0.2, 0.25) is 0 Å². The molecule has 0 saturated carbocycles. The van der Waals surface area contributed by atoms with E-state index in [4.69, 9.17) is 14.2 Å². The van der Waals surface area contributed by atoms with Crippen molar-refractivity contribution in [2.24, 2.45) is 0 Å². The van der Waals surface area contributed by atoms with Gasteiger partial charge in [0, 0.05) is 22.0 Å². The van der Waals surface area contributed by atoms with Crippen LogP contribution in [0.15, 0.2) is 59.5 Å². The maximum atomic E-state index is 13.3. The molecule has 4 rings (SSSR count). The fourth-order valence-electron chi connectivity index (χ4n) is 4.27. The van der Waals surface area contributed by atoms with E-state index >= 15 is 0 Å². The first kappa shape index (κ1) is 31.9. The molecule has 0 aliphatic carbocycles. The monoisotopic (exact) mass is 625 g/mol. The number of amides is 3. The highest BCUT2D eigenvalue weighted by molar-refractivity contribution is 8.00. The molecule has 1 unspecified atom stereocenters. The summed E-state index contributed by atoms with van der Waals surface area (Å²) in [7, 11) is 1.30. The van der Waals surface area contributed by atoms with E-state index in [0.717, 1.165) is 15.3 Å². The Hall–Kier alpha value is -4.03. The second-order valence-electron chi connectivity index (χ2n) is 10.8. The quantitative estimate of drug-likeness (QED) is 0.221. The number of nitrogens with one attached hydrogen (secondary N) is 2. The number of esters is 1. The predicted molar refractivity (Wildman–Crippen MR) is 167 cm³/mol. The van der Waals surface area contributed by atoms with Crippen LogP contribution in [0, 0.1) is 0 Å². The first-order valence-electron chi connectivity index (χ1n) is 13.7. The van der Waals surface area contributed by atoms with Crippen LogP contribution in [0.5, 0.6) is 5.75 Å². The Bertz CT molecular complexity index is 1480. The number of fused-ring (bicyclic) bond motifs is 1. The lowest BCUT2D eigenvalue weighted by Gasteiger charge is -2.30. The van der Waals surface area contributed by atoms with Crippen molar-refractivity contribution in [3.05, 3.63) is 70.6 Å². The van der Waals surface area contributed by atoms with Crippen molar-refractivity contribution >= 4 is 57.7 Å². The maximum absolute atomic E-state index is 13.3. The molecule has 43 heavy (non-hydrogen) atoms. The number of carbonyl (C=O) groups excluding carboxylic acids is 4. The van der Waals surface area contributed by atoms with Crippen LogP contribution >= 0.6 is 23.1 Å². The summed E-state index contributed by atoms with van der Waals surface area (Å²) in [5.41, 5.74) is 1.04. The molecule has 2 aromatic carbocycles. The number of nitrogens with zero attached hydrogens (tertiary/aromatic N) is 1. The normalized spacial score (nSPS) is 13.4. The summed E-state index contributed by atoms with van der Waals surface area (Å²) in [4.78, 5) is 54.2. The van der Waals surface area contributed by atoms with Crippen molar-refractivity contribution in [3.8, 4) is 5.75 Å². The molecule has 1 aliphatic heterocycles. The number of carbonyl (C=O) groups is 4. The summed E-state index contributed by atoms with van der Waals surface area (Å²) in [5, 5.41) is 5.57. The van der Waals surface area contributed by atoms with Gasteiger partial charge in [-0.1, -0.05) is 24.3 Å². The van der Waals surface area contributed by atoms with E-state index in [9.17, 15) is 19.2 Å². The van der Waals surface area contributed by atoms with Gasteiger partial charge in [-0.3, -0.25) is 9.59 Å². The van der Waals surface area contributed by atoms with Gasteiger partial charge in [-0.2, -0.15) is 0 Å². The van der Waals surface area contributed by atoms with Gasteiger partial charge in [0.1, 0.15) is 16.4 Å². The van der Waals surface area contributed by atoms with E-state index in [0.29, 0.717) is 35.0 Å². The number of rotatable bonds is 9. The summed E-state index contributed by atoms with van der Waals surface area (Å²) in [6.45, 7) is 7.70. The van der Waals surface area contributed by atoms with E-state index < -0.39 is 22.9 Å². The molecule has 0 fully saturated rings. The zero-order chi connectivity index (χ0) is 31.1. The molecule has 3 amide bonds. The summed E-state index contributed by atoms with van der Waals surface area (Å²) in [6, 6.07) is 16.2. The SMILES string of the molecule is COC(=O)c1c(NC(=O)C(C)Sc2cccc(NC(=O)COc3ccccc3)c2)sc2c1CCN(C(=O)OC(C)(C)C)C2. The van der Waals surface area contributed by atoms with Gasteiger partial charge in [0.25, 0.3) is 5.91 Å². The molecule has 10 nitrogen and oxygen atoms in total. The molecular weight excluding hydrogens is 590 g/mol. The van der Waals surface area contributed by atoms with Crippen molar-refractivity contribution in [2.45, 2.75) is 56.4 Å². The smallest absolute Gasteiger partial charge is 0.410 e. The highest BCUT2D eigenvalue weighted by Gasteiger charge is 2.33. The summed E-state index contributed by atoms with van der Waals surface area (Å²) in [6.07, 6.45) is 0.00817. The van der Waals surface area contributed by atoms with Gasteiger partial charge in [-0.15, -0.1) is 23.1 Å². The first-order chi connectivity index (χ1) is 20.4. The zero-order valence-corrected chi connectivity index (χ0v) is 26.4. The number of hydrogen-bond donors (Lipinski definition) is 2. The van der Waals surface area contributed by atoms with Crippen molar-refractivity contribution < 1.29 is 33.4 Å². The van der Waals surface area contributed by atoms with Gasteiger partial charge in [0.2, 0.25) is 5.91 Å².